The van der Waals surface area contributed by atoms with Gasteiger partial charge in [-0.25, -0.2) is 0 Å². The molecule has 0 radical (unpaired) electrons. The van der Waals surface area contributed by atoms with Crippen LogP contribution in [0.1, 0.15) is 39.0 Å². The van der Waals surface area contributed by atoms with E-state index in [9.17, 15) is 0 Å². The Labute approximate surface area is 82.5 Å². The van der Waals surface area contributed by atoms with Crippen LogP contribution in [0.4, 0.5) is 0 Å². The lowest BCUT2D eigenvalue weighted by atomic mass is 10.2. The Morgan fingerprint density at radius 3 is 2.54 bits per heavy atom. The molecular weight excluding hydrogens is 160 g/mol. The molecule has 0 atom stereocenters. The maximum absolute atomic E-state index is 5.58. The van der Waals surface area contributed by atoms with Crippen LogP contribution in [-0.4, -0.2) is 31.1 Å². The summed E-state index contributed by atoms with van der Waals surface area (Å²) in [5.41, 5.74) is 5.58. The van der Waals surface area contributed by atoms with Crippen molar-refractivity contribution in [3.63, 3.8) is 0 Å². The molecule has 0 unspecified atom stereocenters. The summed E-state index contributed by atoms with van der Waals surface area (Å²) in [6, 6.07) is 0. The molecule has 1 fully saturated rings. The lowest BCUT2D eigenvalue weighted by Gasteiger charge is -2.20. The summed E-state index contributed by atoms with van der Waals surface area (Å²) in [5.74, 6) is 1.06. The molecule has 1 aliphatic carbocycles. The van der Waals surface area contributed by atoms with Gasteiger partial charge in [0, 0.05) is 13.1 Å². The molecule has 0 aromatic carbocycles. The molecule has 1 aliphatic rings. The minimum absolute atomic E-state index is 0.814. The highest BCUT2D eigenvalue weighted by atomic mass is 15.1. The van der Waals surface area contributed by atoms with Crippen molar-refractivity contribution in [2.75, 3.05) is 26.2 Å². The summed E-state index contributed by atoms with van der Waals surface area (Å²) in [6.45, 7) is 6.69. The van der Waals surface area contributed by atoms with Crippen LogP contribution >= 0.6 is 0 Å². The third kappa shape index (κ3) is 5.27. The van der Waals surface area contributed by atoms with Crippen LogP contribution < -0.4 is 5.73 Å². The minimum atomic E-state index is 0.814. The lowest BCUT2D eigenvalue weighted by Crippen LogP contribution is -2.31. The van der Waals surface area contributed by atoms with E-state index in [1.165, 1.54) is 45.2 Å². The predicted octanol–water partition coefficient (Wildman–Crippen LogP) is 1.85. The molecule has 0 bridgehead atoms. The first-order chi connectivity index (χ1) is 6.36. The van der Waals surface area contributed by atoms with Gasteiger partial charge in [0.2, 0.25) is 0 Å². The zero-order valence-electron chi connectivity index (χ0n) is 8.97. The average Bonchev–Trinajstić information content (AvgIpc) is 2.93. The molecule has 2 N–H and O–H groups in total. The van der Waals surface area contributed by atoms with Crippen LogP contribution in [-0.2, 0) is 0 Å². The molecule has 0 saturated heterocycles. The summed E-state index contributed by atoms with van der Waals surface area (Å²) in [6.07, 6.45) is 6.98. The molecule has 0 aromatic rings. The van der Waals surface area contributed by atoms with Crippen LogP contribution in [0.2, 0.25) is 0 Å². The molecule has 1 rings (SSSR count). The van der Waals surface area contributed by atoms with E-state index in [1.54, 1.807) is 0 Å². The van der Waals surface area contributed by atoms with E-state index in [4.69, 9.17) is 5.73 Å². The second kappa shape index (κ2) is 6.39. The molecule has 13 heavy (non-hydrogen) atoms. The molecule has 78 valence electrons. The van der Waals surface area contributed by atoms with Gasteiger partial charge in [0.15, 0.2) is 0 Å². The van der Waals surface area contributed by atoms with Gasteiger partial charge in [-0.3, -0.25) is 0 Å². The molecule has 0 heterocycles. The Hall–Kier alpha value is -0.0800. The number of hydrogen-bond donors (Lipinski definition) is 1. The maximum Gasteiger partial charge on any atom is 0.0105 e. The molecule has 0 aromatic heterocycles. The van der Waals surface area contributed by atoms with E-state index in [-0.39, 0.29) is 0 Å². The summed E-state index contributed by atoms with van der Waals surface area (Å²) in [7, 11) is 0. The van der Waals surface area contributed by atoms with E-state index >= 15 is 0 Å². The summed E-state index contributed by atoms with van der Waals surface area (Å²) in [4.78, 5) is 2.53. The second-order valence-electron chi connectivity index (χ2n) is 4.22. The monoisotopic (exact) mass is 184 g/mol. The molecule has 2 nitrogen and oxygen atoms in total. The zero-order chi connectivity index (χ0) is 9.52. The quantitative estimate of drug-likeness (QED) is 0.624. The fraction of sp³-hybridized carbons (Fsp3) is 1.00. The molecular formula is C11H24N2. The van der Waals surface area contributed by atoms with Crippen LogP contribution in [0.5, 0.6) is 0 Å². The van der Waals surface area contributed by atoms with Gasteiger partial charge in [0.25, 0.3) is 0 Å². The van der Waals surface area contributed by atoms with Crippen LogP contribution in [0.15, 0.2) is 0 Å². The predicted molar refractivity (Wildman–Crippen MR) is 57.7 cm³/mol. The Morgan fingerprint density at radius 1 is 1.23 bits per heavy atom. The van der Waals surface area contributed by atoms with Gasteiger partial charge in [-0.1, -0.05) is 26.2 Å². The van der Waals surface area contributed by atoms with Crippen molar-refractivity contribution in [1.82, 2.24) is 4.90 Å². The standard InChI is InChI=1S/C11H24N2/c1-2-3-8-13(10-7-12)9-6-11-4-5-11/h11H,2-10,12H2,1H3. The van der Waals surface area contributed by atoms with Crippen molar-refractivity contribution in [3.8, 4) is 0 Å². The molecule has 0 spiro atoms. The number of nitrogens with zero attached hydrogens (tertiary/aromatic N) is 1. The minimum Gasteiger partial charge on any atom is -0.329 e. The number of unbranched alkanes of at least 4 members (excludes halogenated alkanes) is 1. The third-order valence-corrected chi connectivity index (χ3v) is 2.82. The van der Waals surface area contributed by atoms with Gasteiger partial charge in [-0.2, -0.15) is 0 Å². The first-order valence-electron chi connectivity index (χ1n) is 5.79. The van der Waals surface area contributed by atoms with E-state index in [0.717, 1.165) is 19.0 Å². The van der Waals surface area contributed by atoms with Crippen LogP contribution in [0.3, 0.4) is 0 Å². The largest absolute Gasteiger partial charge is 0.329 e. The van der Waals surface area contributed by atoms with Gasteiger partial charge >= 0.3 is 0 Å². The summed E-state index contributed by atoms with van der Waals surface area (Å²) < 4.78 is 0. The van der Waals surface area contributed by atoms with Gasteiger partial charge in [-0.15, -0.1) is 0 Å². The van der Waals surface area contributed by atoms with Crippen molar-refractivity contribution in [1.29, 1.82) is 0 Å². The molecule has 1 saturated carbocycles. The Kier molecular flexibility index (Phi) is 5.40. The van der Waals surface area contributed by atoms with Crippen molar-refractivity contribution in [3.05, 3.63) is 0 Å². The van der Waals surface area contributed by atoms with E-state index in [0.29, 0.717) is 0 Å². The summed E-state index contributed by atoms with van der Waals surface area (Å²) >= 11 is 0. The van der Waals surface area contributed by atoms with Crippen molar-refractivity contribution in [2.45, 2.75) is 39.0 Å². The fourth-order valence-electron chi connectivity index (χ4n) is 1.67. The van der Waals surface area contributed by atoms with Crippen molar-refractivity contribution in [2.24, 2.45) is 11.7 Å². The average molecular weight is 184 g/mol. The summed E-state index contributed by atoms with van der Waals surface area (Å²) in [5, 5.41) is 0. The smallest absolute Gasteiger partial charge is 0.0105 e. The van der Waals surface area contributed by atoms with E-state index in [1.807, 2.05) is 0 Å². The first-order valence-corrected chi connectivity index (χ1v) is 5.79. The van der Waals surface area contributed by atoms with Gasteiger partial charge < -0.3 is 10.6 Å². The Bertz CT molecular complexity index is 121. The lowest BCUT2D eigenvalue weighted by molar-refractivity contribution is 0.268. The highest BCUT2D eigenvalue weighted by Crippen LogP contribution is 2.32. The fourth-order valence-corrected chi connectivity index (χ4v) is 1.67. The Balaban J connectivity index is 2.03. The topological polar surface area (TPSA) is 29.3 Å². The number of hydrogen-bond acceptors (Lipinski definition) is 2. The number of nitrogens with two attached hydrogens (primary N) is 1. The van der Waals surface area contributed by atoms with E-state index < -0.39 is 0 Å². The van der Waals surface area contributed by atoms with Crippen molar-refractivity contribution < 1.29 is 0 Å². The SMILES string of the molecule is CCCCN(CCN)CCC1CC1. The third-order valence-electron chi connectivity index (χ3n) is 2.82. The zero-order valence-corrected chi connectivity index (χ0v) is 8.97. The highest BCUT2D eigenvalue weighted by molar-refractivity contribution is 4.74. The van der Waals surface area contributed by atoms with E-state index in [2.05, 4.69) is 11.8 Å². The highest BCUT2D eigenvalue weighted by Gasteiger charge is 2.21. The normalized spacial score (nSPS) is 16.8. The van der Waals surface area contributed by atoms with Gasteiger partial charge in [-0.05, 0) is 31.8 Å². The molecule has 0 aliphatic heterocycles. The number of rotatable bonds is 8. The van der Waals surface area contributed by atoms with Crippen LogP contribution in [0.25, 0.3) is 0 Å². The Morgan fingerprint density at radius 2 is 2.00 bits per heavy atom. The van der Waals surface area contributed by atoms with Gasteiger partial charge in [0.1, 0.15) is 0 Å². The maximum atomic E-state index is 5.58. The van der Waals surface area contributed by atoms with Gasteiger partial charge in [0.05, 0.1) is 0 Å². The van der Waals surface area contributed by atoms with Crippen molar-refractivity contribution >= 4 is 0 Å². The molecule has 0 amide bonds. The van der Waals surface area contributed by atoms with Crippen LogP contribution in [0, 0.1) is 5.92 Å². The first kappa shape index (κ1) is 11.0. The second-order valence-corrected chi connectivity index (χ2v) is 4.22. The molecule has 2 heteroatoms.